The maximum absolute atomic E-state index is 13.0. The van der Waals surface area contributed by atoms with Crippen LogP contribution in [0.1, 0.15) is 18.4 Å². The topological polar surface area (TPSA) is 40.1 Å². The third kappa shape index (κ3) is 6.63. The van der Waals surface area contributed by atoms with E-state index in [4.69, 9.17) is 4.74 Å². The van der Waals surface area contributed by atoms with Gasteiger partial charge in [-0.2, -0.15) is 0 Å². The molecule has 0 amide bonds. The number of ether oxygens (including phenoxy) is 1. The van der Waals surface area contributed by atoms with Crippen molar-refractivity contribution in [2.45, 2.75) is 19.4 Å². The number of benzene rings is 1. The number of halogens is 1. The Morgan fingerprint density at radius 2 is 2.00 bits per heavy atom. The van der Waals surface area contributed by atoms with Crippen LogP contribution in [0.25, 0.3) is 0 Å². The minimum atomic E-state index is -0.203. The normalized spacial score (nSPS) is 16.9. The average Bonchev–Trinajstić information content (AvgIpc) is 2.63. The van der Waals surface area contributed by atoms with Crippen LogP contribution in [-0.2, 0) is 11.3 Å². The van der Waals surface area contributed by atoms with Crippen LogP contribution in [0.15, 0.2) is 29.3 Å². The molecule has 5 nitrogen and oxygen atoms in total. The van der Waals surface area contributed by atoms with E-state index < -0.39 is 0 Å². The standard InChI is InChI=1S/C19H31FN4O/c1-21-19(23(2)15-17-4-6-18(20)7-5-17)22-14-16-8-10-24(11-9-16)12-13-25-3/h4-7,16H,8-15H2,1-3H3,(H,21,22). The molecule has 0 unspecified atom stereocenters. The fourth-order valence-electron chi connectivity index (χ4n) is 3.19. The molecular weight excluding hydrogens is 319 g/mol. The fraction of sp³-hybridized carbons (Fsp3) is 0.632. The molecule has 1 N–H and O–H groups in total. The van der Waals surface area contributed by atoms with E-state index in [0.717, 1.165) is 44.3 Å². The second-order valence-corrected chi connectivity index (χ2v) is 6.69. The lowest BCUT2D eigenvalue weighted by Crippen LogP contribution is -2.43. The number of methoxy groups -OCH3 is 1. The van der Waals surface area contributed by atoms with Crippen molar-refractivity contribution in [2.75, 3.05) is 54.0 Å². The fourth-order valence-corrected chi connectivity index (χ4v) is 3.19. The minimum Gasteiger partial charge on any atom is -0.383 e. The van der Waals surface area contributed by atoms with Crippen molar-refractivity contribution in [1.29, 1.82) is 0 Å². The summed E-state index contributed by atoms with van der Waals surface area (Å²) >= 11 is 0. The molecule has 0 radical (unpaired) electrons. The molecule has 1 saturated heterocycles. The molecule has 0 atom stereocenters. The van der Waals surface area contributed by atoms with Gasteiger partial charge < -0.3 is 19.9 Å². The van der Waals surface area contributed by atoms with E-state index in [2.05, 4.69) is 20.1 Å². The van der Waals surface area contributed by atoms with Crippen LogP contribution >= 0.6 is 0 Å². The molecule has 1 heterocycles. The van der Waals surface area contributed by atoms with Gasteiger partial charge >= 0.3 is 0 Å². The number of nitrogens with one attached hydrogen (secondary N) is 1. The molecule has 1 aliphatic heterocycles. The van der Waals surface area contributed by atoms with Crippen LogP contribution in [0.3, 0.4) is 0 Å². The van der Waals surface area contributed by atoms with E-state index in [0.29, 0.717) is 12.5 Å². The highest BCUT2D eigenvalue weighted by molar-refractivity contribution is 5.79. The van der Waals surface area contributed by atoms with Crippen LogP contribution in [0.2, 0.25) is 0 Å². The van der Waals surface area contributed by atoms with Crippen molar-refractivity contribution >= 4 is 5.96 Å². The summed E-state index contributed by atoms with van der Waals surface area (Å²) in [6.07, 6.45) is 2.41. The smallest absolute Gasteiger partial charge is 0.193 e. The Hall–Kier alpha value is -1.66. The molecule has 6 heteroatoms. The monoisotopic (exact) mass is 350 g/mol. The number of piperidine rings is 1. The summed E-state index contributed by atoms with van der Waals surface area (Å²) < 4.78 is 18.2. The summed E-state index contributed by atoms with van der Waals surface area (Å²) in [4.78, 5) is 8.91. The molecule has 0 spiro atoms. The lowest BCUT2D eigenvalue weighted by atomic mass is 9.97. The van der Waals surface area contributed by atoms with Gasteiger partial charge in [0.25, 0.3) is 0 Å². The molecule has 25 heavy (non-hydrogen) atoms. The predicted octanol–water partition coefficient (Wildman–Crippen LogP) is 2.19. The van der Waals surface area contributed by atoms with Crippen LogP contribution in [0.4, 0.5) is 4.39 Å². The van der Waals surface area contributed by atoms with Gasteiger partial charge in [-0.15, -0.1) is 0 Å². The number of aliphatic imine (C=N–C) groups is 1. The Kier molecular flexibility index (Phi) is 8.15. The third-order valence-electron chi connectivity index (χ3n) is 4.77. The summed E-state index contributed by atoms with van der Waals surface area (Å²) in [7, 11) is 5.56. The van der Waals surface area contributed by atoms with E-state index in [-0.39, 0.29) is 5.82 Å². The van der Waals surface area contributed by atoms with Gasteiger partial charge in [0.15, 0.2) is 5.96 Å². The number of hydrogen-bond donors (Lipinski definition) is 1. The highest BCUT2D eigenvalue weighted by Crippen LogP contribution is 2.16. The first kappa shape index (κ1) is 19.7. The summed E-state index contributed by atoms with van der Waals surface area (Å²) in [5.41, 5.74) is 1.07. The van der Waals surface area contributed by atoms with Crippen LogP contribution in [0, 0.1) is 11.7 Å². The van der Waals surface area contributed by atoms with Crippen molar-refractivity contribution in [3.63, 3.8) is 0 Å². The Morgan fingerprint density at radius 1 is 1.32 bits per heavy atom. The lowest BCUT2D eigenvalue weighted by molar-refractivity contribution is 0.120. The van der Waals surface area contributed by atoms with E-state index in [1.165, 1.54) is 25.0 Å². The molecule has 1 fully saturated rings. The number of rotatable bonds is 7. The number of nitrogens with zero attached hydrogens (tertiary/aromatic N) is 3. The molecule has 1 aromatic rings. The van der Waals surface area contributed by atoms with Gasteiger partial charge in [-0.3, -0.25) is 4.99 Å². The first-order chi connectivity index (χ1) is 12.1. The average molecular weight is 350 g/mol. The largest absolute Gasteiger partial charge is 0.383 e. The van der Waals surface area contributed by atoms with Crippen molar-refractivity contribution in [3.05, 3.63) is 35.6 Å². The van der Waals surface area contributed by atoms with Crippen molar-refractivity contribution in [1.82, 2.24) is 15.1 Å². The van der Waals surface area contributed by atoms with Gasteiger partial charge in [-0.25, -0.2) is 4.39 Å². The summed E-state index contributed by atoms with van der Waals surface area (Å²) in [5, 5.41) is 3.49. The maximum Gasteiger partial charge on any atom is 0.193 e. The molecule has 0 aromatic heterocycles. The molecule has 0 saturated carbocycles. The quantitative estimate of drug-likeness (QED) is 0.604. The van der Waals surface area contributed by atoms with Gasteiger partial charge in [-0.05, 0) is 49.5 Å². The molecule has 1 aromatic carbocycles. The molecule has 1 aliphatic rings. The second-order valence-electron chi connectivity index (χ2n) is 6.69. The van der Waals surface area contributed by atoms with Crippen molar-refractivity contribution < 1.29 is 9.13 Å². The summed E-state index contributed by atoms with van der Waals surface area (Å²) in [5.74, 6) is 1.35. The van der Waals surface area contributed by atoms with E-state index in [9.17, 15) is 4.39 Å². The Labute approximate surface area is 150 Å². The van der Waals surface area contributed by atoms with E-state index in [1.54, 1.807) is 14.2 Å². The van der Waals surface area contributed by atoms with Gasteiger partial charge in [0.1, 0.15) is 5.82 Å². The van der Waals surface area contributed by atoms with Crippen molar-refractivity contribution in [3.8, 4) is 0 Å². The van der Waals surface area contributed by atoms with Crippen LogP contribution in [0.5, 0.6) is 0 Å². The number of guanidine groups is 1. The van der Waals surface area contributed by atoms with E-state index in [1.807, 2.05) is 19.2 Å². The third-order valence-corrected chi connectivity index (χ3v) is 4.77. The van der Waals surface area contributed by atoms with Gasteiger partial charge in [0.05, 0.1) is 6.61 Å². The van der Waals surface area contributed by atoms with Crippen molar-refractivity contribution in [2.24, 2.45) is 10.9 Å². The molecule has 2 rings (SSSR count). The first-order valence-electron chi connectivity index (χ1n) is 9.00. The highest BCUT2D eigenvalue weighted by Gasteiger charge is 2.19. The van der Waals surface area contributed by atoms with E-state index >= 15 is 0 Å². The highest BCUT2D eigenvalue weighted by atomic mass is 19.1. The predicted molar refractivity (Wildman–Crippen MR) is 100 cm³/mol. The molecule has 0 bridgehead atoms. The molecule has 0 aliphatic carbocycles. The minimum absolute atomic E-state index is 0.203. The first-order valence-corrected chi connectivity index (χ1v) is 9.00. The Bertz CT molecular complexity index is 527. The zero-order valence-electron chi connectivity index (χ0n) is 15.7. The zero-order valence-corrected chi connectivity index (χ0v) is 15.7. The van der Waals surface area contributed by atoms with Gasteiger partial charge in [0, 0.05) is 40.8 Å². The maximum atomic E-state index is 13.0. The molecular formula is C19H31FN4O. The Balaban J connectivity index is 1.74. The van der Waals surface area contributed by atoms with Crippen LogP contribution in [-0.4, -0.2) is 69.8 Å². The molecule has 140 valence electrons. The van der Waals surface area contributed by atoms with Gasteiger partial charge in [0.2, 0.25) is 0 Å². The Morgan fingerprint density at radius 3 is 2.60 bits per heavy atom. The zero-order chi connectivity index (χ0) is 18.1. The van der Waals surface area contributed by atoms with Crippen LogP contribution < -0.4 is 5.32 Å². The van der Waals surface area contributed by atoms with Gasteiger partial charge in [-0.1, -0.05) is 12.1 Å². The number of likely N-dealkylation sites (tertiary alicyclic amines) is 1. The SMILES string of the molecule is CN=C(NCC1CCN(CCOC)CC1)N(C)Cc1ccc(F)cc1. The summed E-state index contributed by atoms with van der Waals surface area (Å²) in [6.45, 7) is 5.76. The lowest BCUT2D eigenvalue weighted by Gasteiger charge is -2.32. The summed E-state index contributed by atoms with van der Waals surface area (Å²) in [6, 6.07) is 6.62. The number of hydrogen-bond acceptors (Lipinski definition) is 3. The second kappa shape index (κ2) is 10.4.